The zero-order chi connectivity index (χ0) is 16.8. The summed E-state index contributed by atoms with van der Waals surface area (Å²) >= 11 is 1.61. The fourth-order valence-electron chi connectivity index (χ4n) is 1.66. The molecule has 0 bridgehead atoms. The van der Waals surface area contributed by atoms with Crippen molar-refractivity contribution >= 4 is 23.6 Å². The van der Waals surface area contributed by atoms with E-state index in [1.54, 1.807) is 23.9 Å². The summed E-state index contributed by atoms with van der Waals surface area (Å²) < 4.78 is 5.26. The minimum absolute atomic E-state index is 0.0153. The molecule has 0 aromatic heterocycles. The zero-order valence-electron chi connectivity index (χ0n) is 13.5. The van der Waals surface area contributed by atoms with Gasteiger partial charge in [-0.05, 0) is 24.6 Å². The molecule has 1 rings (SSSR count). The summed E-state index contributed by atoms with van der Waals surface area (Å²) in [6.45, 7) is 8.03. The number of thioether (sulfide) groups is 1. The van der Waals surface area contributed by atoms with Gasteiger partial charge in [0.05, 0.1) is 11.8 Å². The highest BCUT2D eigenvalue weighted by molar-refractivity contribution is 8.01. The van der Waals surface area contributed by atoms with Gasteiger partial charge in [-0.25, -0.2) is 0 Å². The molecule has 0 unspecified atom stereocenters. The second-order valence-electron chi connectivity index (χ2n) is 6.01. The van der Waals surface area contributed by atoms with Crippen molar-refractivity contribution in [3.8, 4) is 5.75 Å². The van der Waals surface area contributed by atoms with Crippen LogP contribution in [0.3, 0.4) is 0 Å². The summed E-state index contributed by atoms with van der Waals surface area (Å²) in [5.41, 5.74) is 5.99. The molecule has 0 spiro atoms. The average molecular weight is 324 g/mol. The van der Waals surface area contributed by atoms with E-state index in [1.807, 2.05) is 19.1 Å². The van der Waals surface area contributed by atoms with E-state index in [9.17, 15) is 9.59 Å². The van der Waals surface area contributed by atoms with E-state index in [-0.39, 0.29) is 23.3 Å². The summed E-state index contributed by atoms with van der Waals surface area (Å²) in [5.74, 6) is 0.514. The third-order valence-electron chi connectivity index (χ3n) is 2.77. The minimum atomic E-state index is -0.513. The van der Waals surface area contributed by atoms with E-state index >= 15 is 0 Å². The fourth-order valence-corrected chi connectivity index (χ4v) is 2.30. The lowest BCUT2D eigenvalue weighted by Gasteiger charge is -2.19. The van der Waals surface area contributed by atoms with Crippen LogP contribution < -0.4 is 15.8 Å². The number of hydrogen-bond acceptors (Lipinski definition) is 4. The molecule has 0 aliphatic carbocycles. The number of hydrogen-bond donors (Lipinski definition) is 2. The SMILES string of the molecule is C[C@H](NC(=O)CSC(C)(C)C)c1ccc(OCC(N)=O)cc1. The number of carbonyl (C=O) groups excluding carboxylic acids is 2. The van der Waals surface area contributed by atoms with Crippen LogP contribution in [0.1, 0.15) is 39.3 Å². The number of nitrogens with one attached hydrogen (secondary N) is 1. The lowest BCUT2D eigenvalue weighted by atomic mass is 10.1. The highest BCUT2D eigenvalue weighted by Gasteiger charge is 2.15. The summed E-state index contributed by atoms with van der Waals surface area (Å²) in [6.07, 6.45) is 0. The molecule has 2 amide bonds. The van der Waals surface area contributed by atoms with Crippen molar-refractivity contribution in [3.05, 3.63) is 29.8 Å². The highest BCUT2D eigenvalue weighted by Crippen LogP contribution is 2.23. The maximum Gasteiger partial charge on any atom is 0.255 e. The first-order chi connectivity index (χ1) is 10.2. The lowest BCUT2D eigenvalue weighted by Crippen LogP contribution is -2.29. The second-order valence-corrected chi connectivity index (χ2v) is 7.82. The van der Waals surface area contributed by atoms with Crippen molar-refractivity contribution in [1.29, 1.82) is 0 Å². The molecule has 0 heterocycles. The number of carbonyl (C=O) groups is 2. The Labute approximate surface area is 136 Å². The summed E-state index contributed by atoms with van der Waals surface area (Å²) in [4.78, 5) is 22.6. The summed E-state index contributed by atoms with van der Waals surface area (Å²) in [5, 5.41) is 2.96. The van der Waals surface area contributed by atoms with Crippen molar-refractivity contribution in [1.82, 2.24) is 5.32 Å². The molecule has 6 heteroatoms. The van der Waals surface area contributed by atoms with Crippen molar-refractivity contribution in [2.75, 3.05) is 12.4 Å². The van der Waals surface area contributed by atoms with Gasteiger partial charge in [-0.1, -0.05) is 32.9 Å². The maximum absolute atomic E-state index is 11.9. The van der Waals surface area contributed by atoms with E-state index in [4.69, 9.17) is 10.5 Å². The molecule has 0 saturated carbocycles. The number of nitrogens with two attached hydrogens (primary N) is 1. The van der Waals surface area contributed by atoms with Crippen LogP contribution in [0.15, 0.2) is 24.3 Å². The Morgan fingerprint density at radius 2 is 1.86 bits per heavy atom. The predicted octanol–water partition coefficient (Wildman–Crippen LogP) is 2.26. The third kappa shape index (κ3) is 7.36. The van der Waals surface area contributed by atoms with Crippen molar-refractivity contribution in [2.24, 2.45) is 5.73 Å². The monoisotopic (exact) mass is 324 g/mol. The quantitative estimate of drug-likeness (QED) is 0.806. The van der Waals surface area contributed by atoms with Gasteiger partial charge in [-0.15, -0.1) is 11.8 Å². The van der Waals surface area contributed by atoms with Crippen molar-refractivity contribution in [3.63, 3.8) is 0 Å². The number of primary amides is 1. The normalized spacial score (nSPS) is 12.5. The molecule has 0 aliphatic rings. The van der Waals surface area contributed by atoms with Gasteiger partial charge in [0.15, 0.2) is 6.61 Å². The van der Waals surface area contributed by atoms with Crippen LogP contribution in [-0.4, -0.2) is 28.9 Å². The Hall–Kier alpha value is -1.69. The summed E-state index contributed by atoms with van der Waals surface area (Å²) in [7, 11) is 0. The molecular weight excluding hydrogens is 300 g/mol. The first-order valence-electron chi connectivity index (χ1n) is 7.12. The molecule has 1 aromatic rings. The van der Waals surface area contributed by atoms with Crippen LogP contribution in [0, 0.1) is 0 Å². The van der Waals surface area contributed by atoms with Gasteiger partial charge in [0.2, 0.25) is 5.91 Å². The van der Waals surface area contributed by atoms with E-state index < -0.39 is 5.91 Å². The van der Waals surface area contributed by atoms with Crippen LogP contribution in [0.4, 0.5) is 0 Å². The zero-order valence-corrected chi connectivity index (χ0v) is 14.3. The molecule has 0 saturated heterocycles. The Morgan fingerprint density at radius 1 is 1.27 bits per heavy atom. The Bertz CT molecular complexity index is 509. The molecule has 22 heavy (non-hydrogen) atoms. The number of rotatable bonds is 7. The number of ether oxygens (including phenoxy) is 1. The van der Waals surface area contributed by atoms with Gasteiger partial charge in [0.25, 0.3) is 5.91 Å². The van der Waals surface area contributed by atoms with Gasteiger partial charge >= 0.3 is 0 Å². The smallest absolute Gasteiger partial charge is 0.255 e. The van der Waals surface area contributed by atoms with E-state index in [1.165, 1.54) is 0 Å². The topological polar surface area (TPSA) is 81.4 Å². The highest BCUT2D eigenvalue weighted by atomic mass is 32.2. The van der Waals surface area contributed by atoms with E-state index in [0.717, 1.165) is 5.56 Å². The predicted molar refractivity (Wildman–Crippen MR) is 89.9 cm³/mol. The van der Waals surface area contributed by atoms with Crippen LogP contribution >= 0.6 is 11.8 Å². The second kappa shape index (κ2) is 8.08. The standard InChI is InChI=1S/C16H24N2O3S/c1-11(18-15(20)10-22-16(2,3)4)12-5-7-13(8-6-12)21-9-14(17)19/h5-8,11H,9-10H2,1-4H3,(H2,17,19)(H,18,20)/t11-/m0/s1. The fraction of sp³-hybridized carbons (Fsp3) is 0.500. The largest absolute Gasteiger partial charge is 0.484 e. The van der Waals surface area contributed by atoms with Crippen molar-refractivity contribution in [2.45, 2.75) is 38.5 Å². The van der Waals surface area contributed by atoms with E-state index in [0.29, 0.717) is 11.5 Å². The number of amides is 2. The van der Waals surface area contributed by atoms with Gasteiger partial charge in [0, 0.05) is 4.75 Å². The van der Waals surface area contributed by atoms with E-state index in [2.05, 4.69) is 26.1 Å². The van der Waals surface area contributed by atoms with Crippen molar-refractivity contribution < 1.29 is 14.3 Å². The number of benzene rings is 1. The first-order valence-corrected chi connectivity index (χ1v) is 8.10. The molecule has 3 N–H and O–H groups in total. The van der Waals surface area contributed by atoms with Crippen LogP contribution in [0.5, 0.6) is 5.75 Å². The van der Waals surface area contributed by atoms with Crippen LogP contribution in [0.2, 0.25) is 0 Å². The molecule has 1 atom stereocenters. The summed E-state index contributed by atoms with van der Waals surface area (Å²) in [6, 6.07) is 7.14. The Kier molecular flexibility index (Phi) is 6.74. The third-order valence-corrected chi connectivity index (χ3v) is 4.05. The molecule has 0 radical (unpaired) electrons. The molecule has 1 aromatic carbocycles. The molecule has 0 fully saturated rings. The van der Waals surface area contributed by atoms with Gasteiger partial charge < -0.3 is 15.8 Å². The Morgan fingerprint density at radius 3 is 2.36 bits per heavy atom. The lowest BCUT2D eigenvalue weighted by molar-refractivity contribution is -0.120. The molecular formula is C16H24N2O3S. The van der Waals surface area contributed by atoms with Gasteiger partial charge in [-0.2, -0.15) is 0 Å². The molecule has 0 aliphatic heterocycles. The molecule has 5 nitrogen and oxygen atoms in total. The Balaban J connectivity index is 2.49. The van der Waals surface area contributed by atoms with Crippen LogP contribution in [-0.2, 0) is 9.59 Å². The van der Waals surface area contributed by atoms with Gasteiger partial charge in [0.1, 0.15) is 5.75 Å². The average Bonchev–Trinajstić information content (AvgIpc) is 2.42. The first kappa shape index (κ1) is 18.4. The van der Waals surface area contributed by atoms with Gasteiger partial charge in [-0.3, -0.25) is 9.59 Å². The minimum Gasteiger partial charge on any atom is -0.484 e. The maximum atomic E-state index is 11.9. The molecule has 122 valence electrons. The van der Waals surface area contributed by atoms with Crippen LogP contribution in [0.25, 0.3) is 0 Å².